The van der Waals surface area contributed by atoms with E-state index in [1.165, 1.54) is 6.08 Å². The third-order valence-electron chi connectivity index (χ3n) is 4.22. The van der Waals surface area contributed by atoms with Gasteiger partial charge in [-0.25, -0.2) is 9.69 Å². The highest BCUT2D eigenvalue weighted by Crippen LogP contribution is 2.25. The summed E-state index contributed by atoms with van der Waals surface area (Å²) in [5, 5.41) is 15.0. The lowest BCUT2D eigenvalue weighted by atomic mass is 10.0. The van der Waals surface area contributed by atoms with Gasteiger partial charge in [0.15, 0.2) is 0 Å². The zero-order valence-corrected chi connectivity index (χ0v) is 16.8. The molecule has 0 aromatic heterocycles. The second-order valence-corrected chi connectivity index (χ2v) is 7.35. The van der Waals surface area contributed by atoms with Crippen molar-refractivity contribution in [1.29, 1.82) is 0 Å². The van der Waals surface area contributed by atoms with Gasteiger partial charge in [-0.05, 0) is 73.0 Å². The van der Waals surface area contributed by atoms with Crippen molar-refractivity contribution in [2.24, 2.45) is 0 Å². The smallest absolute Gasteiger partial charge is 0.329 e. The van der Waals surface area contributed by atoms with Crippen LogP contribution in [0.25, 0.3) is 6.08 Å². The average molecular weight is 444 g/mol. The normalized spacial score (nSPS) is 15.1. The van der Waals surface area contributed by atoms with Crippen LogP contribution < -0.4 is 10.6 Å². The lowest BCUT2D eigenvalue weighted by Crippen LogP contribution is -2.38. The molecule has 8 heteroatoms. The molecule has 28 heavy (non-hydrogen) atoms. The minimum atomic E-state index is -0.658. The third kappa shape index (κ3) is 4.23. The van der Waals surface area contributed by atoms with Crippen LogP contribution in [0.2, 0.25) is 0 Å². The Labute approximate surface area is 170 Å². The van der Waals surface area contributed by atoms with Crippen LogP contribution >= 0.6 is 15.9 Å². The number of aromatic hydroxyl groups is 1. The summed E-state index contributed by atoms with van der Waals surface area (Å²) >= 11 is 3.31. The fourth-order valence-electron chi connectivity index (χ4n) is 2.83. The zero-order chi connectivity index (χ0) is 20.4. The molecule has 3 rings (SSSR count). The molecule has 144 valence electrons. The number of phenols is 1. The fraction of sp³-hybridized carbons (Fsp3) is 0.150. The van der Waals surface area contributed by atoms with Crippen molar-refractivity contribution in [3.05, 3.63) is 63.3 Å². The summed E-state index contributed by atoms with van der Waals surface area (Å²) in [4.78, 5) is 37.7. The summed E-state index contributed by atoms with van der Waals surface area (Å²) in [6.45, 7) is 3.10. The first-order valence-electron chi connectivity index (χ1n) is 8.45. The Morgan fingerprint density at radius 3 is 2.39 bits per heavy atom. The maximum atomic E-state index is 12.5. The van der Waals surface area contributed by atoms with Crippen LogP contribution in [0.4, 0.5) is 10.5 Å². The van der Waals surface area contributed by atoms with Gasteiger partial charge >= 0.3 is 6.03 Å². The molecule has 0 unspecified atom stereocenters. The molecule has 0 spiro atoms. The minimum absolute atomic E-state index is 0.0749. The molecule has 7 nitrogen and oxygen atoms in total. The first-order chi connectivity index (χ1) is 13.2. The highest BCUT2D eigenvalue weighted by atomic mass is 79.9. The highest BCUT2D eigenvalue weighted by Gasteiger charge is 2.34. The fourth-order valence-corrected chi connectivity index (χ4v) is 3.10. The number of hydrogen-bond acceptors (Lipinski definition) is 4. The maximum absolute atomic E-state index is 12.5. The van der Waals surface area contributed by atoms with E-state index < -0.39 is 24.4 Å². The Bertz CT molecular complexity index is 976. The van der Waals surface area contributed by atoms with Gasteiger partial charge in [0.05, 0.1) is 0 Å². The predicted octanol–water partition coefficient (Wildman–Crippen LogP) is 3.30. The number of rotatable bonds is 4. The highest BCUT2D eigenvalue weighted by molar-refractivity contribution is 9.10. The standard InChI is InChI=1S/C20H18BrN3O4/c1-11-7-13(8-12(2)18(11)26)9-16-19(27)24(20(28)23-16)10-17(25)22-15-5-3-14(21)4-6-15/h3-9,26H,10H2,1-2H3,(H,22,25)(H,23,28)/b16-9-. The van der Waals surface area contributed by atoms with Gasteiger partial charge in [0, 0.05) is 10.2 Å². The average Bonchev–Trinajstić information content (AvgIpc) is 2.89. The monoisotopic (exact) mass is 443 g/mol. The molecule has 1 fully saturated rings. The number of anilines is 1. The van der Waals surface area contributed by atoms with Crippen LogP contribution in [-0.2, 0) is 9.59 Å². The number of urea groups is 1. The van der Waals surface area contributed by atoms with E-state index in [0.29, 0.717) is 22.4 Å². The summed E-state index contributed by atoms with van der Waals surface area (Å²) in [5.74, 6) is -0.877. The lowest BCUT2D eigenvalue weighted by molar-refractivity contribution is -0.127. The number of carbonyl (C=O) groups excluding carboxylic acids is 3. The van der Waals surface area contributed by atoms with E-state index in [1.54, 1.807) is 50.2 Å². The quantitative estimate of drug-likeness (QED) is 0.498. The summed E-state index contributed by atoms with van der Waals surface area (Å²) < 4.78 is 0.870. The van der Waals surface area contributed by atoms with Crippen molar-refractivity contribution in [2.45, 2.75) is 13.8 Å². The summed E-state index contributed by atoms with van der Waals surface area (Å²) in [7, 11) is 0. The number of phenolic OH excluding ortho intramolecular Hbond substituents is 1. The lowest BCUT2D eigenvalue weighted by Gasteiger charge is -2.12. The minimum Gasteiger partial charge on any atom is -0.507 e. The van der Waals surface area contributed by atoms with Gasteiger partial charge in [0.1, 0.15) is 18.0 Å². The number of imide groups is 1. The van der Waals surface area contributed by atoms with Gasteiger partial charge in [-0.3, -0.25) is 9.59 Å². The van der Waals surface area contributed by atoms with Gasteiger partial charge in [-0.1, -0.05) is 15.9 Å². The molecule has 4 amide bonds. The summed E-state index contributed by atoms with van der Waals surface area (Å²) in [6, 6.07) is 9.70. The van der Waals surface area contributed by atoms with Crippen LogP contribution in [0.15, 0.2) is 46.6 Å². The Kier molecular flexibility index (Phi) is 5.51. The second-order valence-electron chi connectivity index (χ2n) is 6.44. The number of carbonyl (C=O) groups is 3. The van der Waals surface area contributed by atoms with Crippen LogP contribution in [0.3, 0.4) is 0 Å². The van der Waals surface area contributed by atoms with Crippen LogP contribution in [0.1, 0.15) is 16.7 Å². The summed E-state index contributed by atoms with van der Waals surface area (Å²) in [5.41, 5.74) is 2.62. The maximum Gasteiger partial charge on any atom is 0.329 e. The zero-order valence-electron chi connectivity index (χ0n) is 15.2. The molecule has 0 radical (unpaired) electrons. The first-order valence-corrected chi connectivity index (χ1v) is 9.24. The molecule has 1 heterocycles. The van der Waals surface area contributed by atoms with Crippen LogP contribution in [0, 0.1) is 13.8 Å². The van der Waals surface area contributed by atoms with E-state index in [9.17, 15) is 19.5 Å². The summed E-state index contributed by atoms with van der Waals surface area (Å²) in [6.07, 6.45) is 1.52. The Morgan fingerprint density at radius 2 is 1.79 bits per heavy atom. The molecule has 1 aliphatic heterocycles. The van der Waals surface area contributed by atoms with Gasteiger partial charge in [-0.15, -0.1) is 0 Å². The molecule has 2 aromatic carbocycles. The van der Waals surface area contributed by atoms with Crippen molar-refractivity contribution >= 4 is 45.5 Å². The van der Waals surface area contributed by atoms with Crippen molar-refractivity contribution in [3.8, 4) is 5.75 Å². The SMILES string of the molecule is Cc1cc(/C=C2\NC(=O)N(CC(=O)Nc3ccc(Br)cc3)C2=O)cc(C)c1O. The van der Waals surface area contributed by atoms with Crippen LogP contribution in [0.5, 0.6) is 5.75 Å². The van der Waals surface area contributed by atoms with Gasteiger partial charge < -0.3 is 15.7 Å². The molecular weight excluding hydrogens is 426 g/mol. The third-order valence-corrected chi connectivity index (χ3v) is 4.75. The molecule has 0 saturated carbocycles. The van der Waals surface area contributed by atoms with E-state index in [2.05, 4.69) is 26.6 Å². The number of nitrogens with zero attached hydrogens (tertiary/aromatic N) is 1. The number of aryl methyl sites for hydroxylation is 2. The van der Waals surface area contributed by atoms with Gasteiger partial charge in [0.25, 0.3) is 5.91 Å². The van der Waals surface area contributed by atoms with Gasteiger partial charge in [-0.2, -0.15) is 0 Å². The van der Waals surface area contributed by atoms with E-state index in [-0.39, 0.29) is 11.4 Å². The predicted molar refractivity (Wildman–Crippen MR) is 109 cm³/mol. The Morgan fingerprint density at radius 1 is 1.18 bits per heavy atom. The Balaban J connectivity index is 1.72. The van der Waals surface area contributed by atoms with E-state index in [0.717, 1.165) is 9.37 Å². The molecule has 1 saturated heterocycles. The van der Waals surface area contributed by atoms with E-state index >= 15 is 0 Å². The molecule has 0 bridgehead atoms. The molecular formula is C20H18BrN3O4. The molecule has 2 aromatic rings. The largest absolute Gasteiger partial charge is 0.507 e. The molecule has 0 aliphatic carbocycles. The van der Waals surface area contributed by atoms with Crippen molar-refractivity contribution in [1.82, 2.24) is 10.2 Å². The van der Waals surface area contributed by atoms with Crippen molar-refractivity contribution in [2.75, 3.05) is 11.9 Å². The molecule has 3 N–H and O–H groups in total. The number of halogens is 1. The topological polar surface area (TPSA) is 98.7 Å². The first kappa shape index (κ1) is 19.6. The van der Waals surface area contributed by atoms with E-state index in [1.807, 2.05) is 0 Å². The number of amides is 4. The molecule has 1 aliphatic rings. The number of hydrogen-bond donors (Lipinski definition) is 3. The van der Waals surface area contributed by atoms with Crippen molar-refractivity contribution in [3.63, 3.8) is 0 Å². The molecule has 0 atom stereocenters. The van der Waals surface area contributed by atoms with Crippen LogP contribution in [-0.4, -0.2) is 34.4 Å². The van der Waals surface area contributed by atoms with Crippen molar-refractivity contribution < 1.29 is 19.5 Å². The Hall–Kier alpha value is -3.13. The van der Waals surface area contributed by atoms with Gasteiger partial charge in [0.2, 0.25) is 5.91 Å². The van der Waals surface area contributed by atoms with E-state index in [4.69, 9.17) is 0 Å². The number of nitrogens with one attached hydrogen (secondary N) is 2. The number of benzene rings is 2. The second kappa shape index (κ2) is 7.85.